The van der Waals surface area contributed by atoms with E-state index in [4.69, 9.17) is 14.5 Å². The Morgan fingerprint density at radius 2 is 1.74 bits per heavy atom. The summed E-state index contributed by atoms with van der Waals surface area (Å²) < 4.78 is 34.5. The Morgan fingerprint density at radius 3 is 2.42 bits per heavy atom. The zero-order chi connectivity index (χ0) is 27.0. The van der Waals surface area contributed by atoms with Gasteiger partial charge in [0.05, 0.1) is 0 Å². The molecule has 14 heteroatoms. The highest BCUT2D eigenvalue weighted by Crippen LogP contribution is 2.36. The van der Waals surface area contributed by atoms with Crippen LogP contribution >= 0.6 is 7.82 Å². The van der Waals surface area contributed by atoms with E-state index in [0.29, 0.717) is 29.5 Å². The largest absolute Gasteiger partial charge is 0.472 e. The van der Waals surface area contributed by atoms with Crippen molar-refractivity contribution < 1.29 is 28.0 Å². The van der Waals surface area contributed by atoms with Gasteiger partial charge in [-0.2, -0.15) is 15.0 Å². The Hall–Kier alpha value is -2.57. The molecule has 1 saturated heterocycles. The van der Waals surface area contributed by atoms with E-state index in [1.54, 1.807) is 6.07 Å². The Morgan fingerprint density at radius 1 is 1.03 bits per heavy atom. The van der Waals surface area contributed by atoms with E-state index < -0.39 is 20.4 Å². The van der Waals surface area contributed by atoms with Gasteiger partial charge in [0.25, 0.3) is 0 Å². The lowest BCUT2D eigenvalue weighted by Crippen LogP contribution is -2.35. The lowest BCUT2D eigenvalue weighted by molar-refractivity contribution is 0.0798. The minimum atomic E-state index is -4.71. The zero-order valence-corrected chi connectivity index (χ0v) is 22.5. The maximum atomic E-state index is 14.5. The van der Waals surface area contributed by atoms with E-state index in [1.807, 2.05) is 0 Å². The second kappa shape index (κ2) is 13.5. The van der Waals surface area contributed by atoms with Crippen LogP contribution < -0.4 is 20.7 Å². The Kier molecular flexibility index (Phi) is 10.1. The molecule has 0 spiro atoms. The van der Waals surface area contributed by atoms with E-state index in [9.17, 15) is 8.96 Å². The van der Waals surface area contributed by atoms with E-state index in [-0.39, 0.29) is 11.7 Å². The van der Waals surface area contributed by atoms with Crippen LogP contribution in [-0.4, -0.2) is 68.7 Å². The van der Waals surface area contributed by atoms with Gasteiger partial charge in [-0.15, -0.1) is 0 Å². The molecule has 0 bridgehead atoms. The number of phosphoric acid groups is 1. The van der Waals surface area contributed by atoms with Gasteiger partial charge in [-0.3, -0.25) is 4.90 Å². The minimum absolute atomic E-state index is 0.214. The molecule has 2 aromatic rings. The maximum Gasteiger partial charge on any atom is 0.472 e. The van der Waals surface area contributed by atoms with Gasteiger partial charge in [0.1, 0.15) is 0 Å². The van der Waals surface area contributed by atoms with Gasteiger partial charge in [-0.25, -0.2) is 13.5 Å². The number of hydrogen-bond acceptors (Lipinski definition) is 10. The van der Waals surface area contributed by atoms with Crippen molar-refractivity contribution in [3.63, 3.8) is 0 Å². The average molecular weight is 554 g/mol. The van der Waals surface area contributed by atoms with Gasteiger partial charge in [0.15, 0.2) is 11.6 Å². The fourth-order valence-electron chi connectivity index (χ4n) is 4.95. The molecule has 1 saturated carbocycles. The second-order valence-corrected chi connectivity index (χ2v) is 10.9. The average Bonchev–Trinajstić information content (AvgIpc) is 3.35. The molecule has 4 rings (SSSR count). The molecule has 0 radical (unpaired) electrons. The van der Waals surface area contributed by atoms with Crippen molar-refractivity contribution in [2.75, 3.05) is 48.9 Å². The zero-order valence-electron chi connectivity index (χ0n) is 21.6. The first kappa shape index (κ1) is 28.4. The number of likely N-dealkylation sites (tertiary alicyclic amines) is 1. The molecular formula is C24H37FN7O5P. The van der Waals surface area contributed by atoms with Crippen LogP contribution in [0.2, 0.25) is 0 Å². The highest BCUT2D eigenvalue weighted by molar-refractivity contribution is 7.46. The second-order valence-electron chi connectivity index (χ2n) is 9.65. The van der Waals surface area contributed by atoms with Gasteiger partial charge >= 0.3 is 7.82 Å². The number of nitrogens with one attached hydrogen (secondary N) is 3. The van der Waals surface area contributed by atoms with Crippen LogP contribution in [0.15, 0.2) is 18.2 Å². The summed E-state index contributed by atoms with van der Waals surface area (Å²) in [6.07, 6.45) is 8.46. The third-order valence-electron chi connectivity index (χ3n) is 6.93. The first-order chi connectivity index (χ1) is 18.3. The van der Waals surface area contributed by atoms with Gasteiger partial charge in [-0.1, -0.05) is 26.2 Å². The van der Waals surface area contributed by atoms with Gasteiger partial charge in [-0.05, 0) is 56.8 Å². The number of benzene rings is 1. The first-order valence-corrected chi connectivity index (χ1v) is 14.7. The molecule has 2 heterocycles. The molecule has 5 N–H and O–H groups in total. The molecule has 2 aliphatic rings. The molecule has 38 heavy (non-hydrogen) atoms. The SMILES string of the molecule is CCN1CCCC1CNc1nc(NCC2CCCCC2)nc(Nc2ccc(OCOP(=O)(O)O)c(F)c2)n1. The number of ether oxygens (including phenoxy) is 1. The monoisotopic (exact) mass is 553 g/mol. The lowest BCUT2D eigenvalue weighted by Gasteiger charge is -2.23. The number of phosphoric ester groups is 1. The summed E-state index contributed by atoms with van der Waals surface area (Å²) in [5.41, 5.74) is 0.370. The van der Waals surface area contributed by atoms with Crippen molar-refractivity contribution in [3.05, 3.63) is 24.0 Å². The predicted octanol–water partition coefficient (Wildman–Crippen LogP) is 4.09. The first-order valence-electron chi connectivity index (χ1n) is 13.2. The van der Waals surface area contributed by atoms with Crippen LogP contribution in [0.25, 0.3) is 0 Å². The van der Waals surface area contributed by atoms with Crippen LogP contribution in [0.5, 0.6) is 5.75 Å². The van der Waals surface area contributed by atoms with Gasteiger partial charge in [0, 0.05) is 30.9 Å². The van der Waals surface area contributed by atoms with E-state index in [1.165, 1.54) is 50.7 Å². The van der Waals surface area contributed by atoms with E-state index in [2.05, 4.69) is 47.2 Å². The molecule has 1 aliphatic carbocycles. The highest BCUT2D eigenvalue weighted by atomic mass is 31.2. The van der Waals surface area contributed by atoms with E-state index >= 15 is 0 Å². The minimum Gasteiger partial charge on any atom is -0.464 e. The fourth-order valence-corrected chi connectivity index (χ4v) is 5.14. The quantitative estimate of drug-likeness (QED) is 0.179. The summed E-state index contributed by atoms with van der Waals surface area (Å²) in [6, 6.07) is 4.46. The van der Waals surface area contributed by atoms with Crippen molar-refractivity contribution in [1.29, 1.82) is 0 Å². The predicted molar refractivity (Wildman–Crippen MR) is 142 cm³/mol. The Labute approximate surface area is 222 Å². The molecular weight excluding hydrogens is 516 g/mol. The Bertz CT molecular complexity index is 1100. The summed E-state index contributed by atoms with van der Waals surface area (Å²) in [4.78, 5) is 33.5. The van der Waals surface area contributed by atoms with Crippen LogP contribution in [0.4, 0.5) is 27.9 Å². The smallest absolute Gasteiger partial charge is 0.464 e. The maximum absolute atomic E-state index is 14.5. The number of halogens is 1. The van der Waals surface area contributed by atoms with Crippen LogP contribution in [0, 0.1) is 11.7 Å². The molecule has 1 atom stereocenters. The molecule has 2 fully saturated rings. The third-order valence-corrected chi connectivity index (χ3v) is 7.38. The van der Waals surface area contributed by atoms with Crippen LogP contribution in [0.1, 0.15) is 51.9 Å². The Balaban J connectivity index is 1.44. The number of likely N-dealkylation sites (N-methyl/N-ethyl adjacent to an activating group) is 1. The summed E-state index contributed by atoms with van der Waals surface area (Å²) in [6.45, 7) is 4.97. The standard InChI is InChI=1S/C24H37FN7O5P/c1-2-32-12-6-9-19(32)15-27-23-29-22(26-14-17-7-4-3-5-8-17)30-24(31-23)28-18-10-11-21(20(25)13-18)36-16-37-38(33,34)35/h10-11,13,17,19H,2-9,12,14-16H2,1H3,(H2,33,34,35)(H3,26,27,28,29,30,31). The van der Waals surface area contributed by atoms with E-state index in [0.717, 1.165) is 32.6 Å². The van der Waals surface area contributed by atoms with Crippen molar-refractivity contribution in [2.45, 2.75) is 57.9 Å². The summed E-state index contributed by atoms with van der Waals surface area (Å²) >= 11 is 0. The normalized spacial score (nSPS) is 18.9. The fraction of sp³-hybridized carbons (Fsp3) is 0.625. The number of nitrogens with zero attached hydrogens (tertiary/aromatic N) is 4. The van der Waals surface area contributed by atoms with Crippen molar-refractivity contribution in [3.8, 4) is 5.75 Å². The molecule has 12 nitrogen and oxygen atoms in total. The third kappa shape index (κ3) is 8.74. The molecule has 1 aromatic carbocycles. The number of anilines is 4. The van der Waals surface area contributed by atoms with Crippen LogP contribution in [0.3, 0.4) is 0 Å². The summed E-state index contributed by atoms with van der Waals surface area (Å²) in [7, 11) is -4.71. The molecule has 1 aliphatic heterocycles. The topological polar surface area (TPSA) is 154 Å². The van der Waals surface area contributed by atoms with Gasteiger partial charge in [0.2, 0.25) is 24.6 Å². The highest BCUT2D eigenvalue weighted by Gasteiger charge is 2.23. The summed E-state index contributed by atoms with van der Waals surface area (Å²) in [5, 5.41) is 9.73. The molecule has 0 amide bonds. The molecule has 1 aromatic heterocycles. The molecule has 1 unspecified atom stereocenters. The van der Waals surface area contributed by atoms with Crippen molar-refractivity contribution in [1.82, 2.24) is 19.9 Å². The van der Waals surface area contributed by atoms with Crippen LogP contribution in [-0.2, 0) is 9.09 Å². The summed E-state index contributed by atoms with van der Waals surface area (Å²) in [5.74, 6) is 0.768. The van der Waals surface area contributed by atoms with Crippen molar-refractivity contribution >= 4 is 31.4 Å². The number of rotatable bonds is 13. The number of aromatic nitrogens is 3. The lowest BCUT2D eigenvalue weighted by atomic mass is 9.89. The van der Waals surface area contributed by atoms with Crippen molar-refractivity contribution in [2.24, 2.45) is 5.92 Å². The van der Waals surface area contributed by atoms with Gasteiger partial charge < -0.3 is 30.5 Å². The number of hydrogen-bond donors (Lipinski definition) is 5. The molecule has 210 valence electrons.